The molecule has 1 amide bonds. The number of nitrogens with zero attached hydrogens (tertiary/aromatic N) is 2. The molecule has 0 aliphatic rings. The number of carbonyl (C=O) groups is 1. The van der Waals surface area contributed by atoms with Crippen LogP contribution in [0.5, 0.6) is 5.75 Å². The second-order valence-corrected chi connectivity index (χ2v) is 7.07. The summed E-state index contributed by atoms with van der Waals surface area (Å²) in [5.74, 6) is 1.50. The lowest BCUT2D eigenvalue weighted by atomic mass is 10.1. The molecule has 0 saturated heterocycles. The van der Waals surface area contributed by atoms with Gasteiger partial charge in [-0.3, -0.25) is 4.99 Å². The maximum Gasteiger partial charge on any atom is 0.410 e. The third-order valence-corrected chi connectivity index (χ3v) is 3.56. The number of hydrogen-bond acceptors (Lipinski definition) is 4. The molecule has 8 heteroatoms. The first-order valence-corrected chi connectivity index (χ1v) is 8.68. The Kier molecular flexibility index (Phi) is 11.1. The minimum atomic E-state index is -0.497. The molecule has 0 aliphatic carbocycles. The van der Waals surface area contributed by atoms with Gasteiger partial charge in [-0.25, -0.2) is 4.79 Å². The van der Waals surface area contributed by atoms with Crippen LogP contribution < -0.4 is 15.4 Å². The van der Waals surface area contributed by atoms with E-state index < -0.39 is 5.60 Å². The van der Waals surface area contributed by atoms with Gasteiger partial charge in [-0.05, 0) is 39.3 Å². The number of benzene rings is 1. The fourth-order valence-corrected chi connectivity index (χ4v) is 2.17. The Morgan fingerprint density at radius 1 is 1.26 bits per heavy atom. The standard InChI is InChI=1S/C19H32N4O3.HI/c1-14-8-9-15(16(12-14)25-7)13-22-17(20-5)21-10-11-23(6)18(24)26-19(2,3)4;/h8-9,12H,10-11,13H2,1-7H3,(H2,20,21,22);1H. The quantitative estimate of drug-likeness (QED) is 0.363. The molecule has 0 saturated carbocycles. The highest BCUT2D eigenvalue weighted by molar-refractivity contribution is 14.0. The van der Waals surface area contributed by atoms with Gasteiger partial charge in [0.2, 0.25) is 0 Å². The largest absolute Gasteiger partial charge is 0.496 e. The van der Waals surface area contributed by atoms with E-state index in [0.717, 1.165) is 16.9 Å². The Bertz CT molecular complexity index is 630. The van der Waals surface area contributed by atoms with E-state index in [1.807, 2.05) is 45.9 Å². The molecule has 0 aromatic heterocycles. The lowest BCUT2D eigenvalue weighted by molar-refractivity contribution is 0.0302. The fourth-order valence-electron chi connectivity index (χ4n) is 2.17. The Morgan fingerprint density at radius 3 is 2.48 bits per heavy atom. The van der Waals surface area contributed by atoms with E-state index >= 15 is 0 Å². The Balaban J connectivity index is 0.00000676. The van der Waals surface area contributed by atoms with Crippen LogP contribution in [0.2, 0.25) is 0 Å². The SMILES string of the molecule is CN=C(NCCN(C)C(=O)OC(C)(C)C)NCc1ccc(C)cc1OC.I. The number of methoxy groups -OCH3 is 1. The number of guanidine groups is 1. The first kappa shape index (κ1) is 25.3. The highest BCUT2D eigenvalue weighted by Crippen LogP contribution is 2.19. The zero-order chi connectivity index (χ0) is 19.7. The molecule has 7 nitrogen and oxygen atoms in total. The third-order valence-electron chi connectivity index (χ3n) is 3.56. The van der Waals surface area contributed by atoms with Gasteiger partial charge in [0.15, 0.2) is 5.96 Å². The summed E-state index contributed by atoms with van der Waals surface area (Å²) in [6, 6.07) is 6.08. The molecule has 1 aromatic rings. The highest BCUT2D eigenvalue weighted by atomic mass is 127. The van der Waals surface area contributed by atoms with Gasteiger partial charge in [-0.1, -0.05) is 12.1 Å². The zero-order valence-corrected chi connectivity index (χ0v) is 19.7. The molecule has 2 N–H and O–H groups in total. The molecule has 0 radical (unpaired) electrons. The average Bonchev–Trinajstić information content (AvgIpc) is 2.56. The van der Waals surface area contributed by atoms with E-state index in [2.05, 4.69) is 15.6 Å². The van der Waals surface area contributed by atoms with Crippen LogP contribution in [0, 0.1) is 6.92 Å². The first-order valence-electron chi connectivity index (χ1n) is 8.68. The van der Waals surface area contributed by atoms with Crippen molar-refractivity contribution < 1.29 is 14.3 Å². The van der Waals surface area contributed by atoms with Crippen molar-refractivity contribution in [2.24, 2.45) is 4.99 Å². The monoisotopic (exact) mass is 492 g/mol. The van der Waals surface area contributed by atoms with E-state index in [-0.39, 0.29) is 30.1 Å². The molecule has 0 bridgehead atoms. The van der Waals surface area contributed by atoms with Gasteiger partial charge in [0.25, 0.3) is 0 Å². The molecule has 0 heterocycles. The Morgan fingerprint density at radius 2 is 1.93 bits per heavy atom. The molecular weight excluding hydrogens is 459 g/mol. The predicted octanol–water partition coefficient (Wildman–Crippen LogP) is 3.15. The van der Waals surface area contributed by atoms with Gasteiger partial charge in [-0.15, -0.1) is 24.0 Å². The van der Waals surface area contributed by atoms with Crippen molar-refractivity contribution in [3.05, 3.63) is 29.3 Å². The molecule has 0 fully saturated rings. The van der Waals surface area contributed by atoms with Crippen LogP contribution in [-0.2, 0) is 11.3 Å². The molecular formula is C19H33IN4O3. The van der Waals surface area contributed by atoms with Gasteiger partial charge < -0.3 is 25.0 Å². The van der Waals surface area contributed by atoms with Crippen LogP contribution in [0.4, 0.5) is 4.79 Å². The van der Waals surface area contributed by atoms with Crippen LogP contribution in [0.1, 0.15) is 31.9 Å². The smallest absolute Gasteiger partial charge is 0.410 e. The van der Waals surface area contributed by atoms with E-state index in [1.165, 1.54) is 4.90 Å². The molecule has 0 unspecified atom stereocenters. The van der Waals surface area contributed by atoms with Gasteiger partial charge >= 0.3 is 6.09 Å². The van der Waals surface area contributed by atoms with Crippen molar-refractivity contribution >= 4 is 36.0 Å². The van der Waals surface area contributed by atoms with Gasteiger partial charge in [0.05, 0.1) is 7.11 Å². The Labute approximate surface area is 179 Å². The summed E-state index contributed by atoms with van der Waals surface area (Å²) in [6.07, 6.45) is -0.341. The number of rotatable bonds is 6. The lowest BCUT2D eigenvalue weighted by Gasteiger charge is -2.25. The van der Waals surface area contributed by atoms with Crippen molar-refractivity contribution in [1.82, 2.24) is 15.5 Å². The number of halogens is 1. The number of carbonyl (C=O) groups excluding carboxylic acids is 1. The maximum atomic E-state index is 11.9. The average molecular weight is 492 g/mol. The van der Waals surface area contributed by atoms with Gasteiger partial charge in [0.1, 0.15) is 11.4 Å². The van der Waals surface area contributed by atoms with Gasteiger partial charge in [0, 0.05) is 39.3 Å². The molecule has 27 heavy (non-hydrogen) atoms. The number of hydrogen-bond donors (Lipinski definition) is 2. The van der Waals surface area contributed by atoms with E-state index in [9.17, 15) is 4.79 Å². The Hall–Kier alpha value is -1.71. The van der Waals surface area contributed by atoms with Crippen molar-refractivity contribution in [1.29, 1.82) is 0 Å². The van der Waals surface area contributed by atoms with Crippen molar-refractivity contribution in [2.75, 3.05) is 34.3 Å². The summed E-state index contributed by atoms with van der Waals surface area (Å²) in [6.45, 7) is 9.22. The maximum absolute atomic E-state index is 11.9. The third kappa shape index (κ3) is 9.69. The summed E-state index contributed by atoms with van der Waals surface area (Å²) in [7, 11) is 5.08. The van der Waals surface area contributed by atoms with Crippen LogP contribution in [0.3, 0.4) is 0 Å². The number of ether oxygens (including phenoxy) is 2. The van der Waals surface area contributed by atoms with Gasteiger partial charge in [-0.2, -0.15) is 0 Å². The van der Waals surface area contributed by atoms with Crippen molar-refractivity contribution in [2.45, 2.75) is 39.8 Å². The number of aryl methyl sites for hydroxylation is 1. The minimum Gasteiger partial charge on any atom is -0.496 e. The number of nitrogens with one attached hydrogen (secondary N) is 2. The van der Waals surface area contributed by atoms with Crippen LogP contribution in [-0.4, -0.2) is 56.8 Å². The van der Waals surface area contributed by atoms with Crippen LogP contribution >= 0.6 is 24.0 Å². The first-order chi connectivity index (χ1) is 12.2. The number of aliphatic imine (C=N–C) groups is 1. The number of amides is 1. The van der Waals surface area contributed by atoms with Crippen LogP contribution in [0.15, 0.2) is 23.2 Å². The van der Waals surface area contributed by atoms with Crippen LogP contribution in [0.25, 0.3) is 0 Å². The lowest BCUT2D eigenvalue weighted by Crippen LogP contribution is -2.42. The minimum absolute atomic E-state index is 0. The van der Waals surface area contributed by atoms with Crippen molar-refractivity contribution in [3.63, 3.8) is 0 Å². The van der Waals surface area contributed by atoms with E-state index in [4.69, 9.17) is 9.47 Å². The predicted molar refractivity (Wildman–Crippen MR) is 120 cm³/mol. The highest BCUT2D eigenvalue weighted by Gasteiger charge is 2.19. The molecule has 0 spiro atoms. The summed E-state index contributed by atoms with van der Waals surface area (Å²) in [5.41, 5.74) is 1.70. The summed E-state index contributed by atoms with van der Waals surface area (Å²) in [4.78, 5) is 17.7. The second kappa shape index (κ2) is 11.9. The molecule has 1 aromatic carbocycles. The van der Waals surface area contributed by atoms with E-state index in [1.54, 1.807) is 21.2 Å². The number of likely N-dealkylation sites (N-methyl/N-ethyl adjacent to an activating group) is 1. The summed E-state index contributed by atoms with van der Waals surface area (Å²) >= 11 is 0. The fraction of sp³-hybridized carbons (Fsp3) is 0.579. The summed E-state index contributed by atoms with van der Waals surface area (Å²) < 4.78 is 10.7. The normalized spacial score (nSPS) is 11.3. The second-order valence-electron chi connectivity index (χ2n) is 7.07. The van der Waals surface area contributed by atoms with Crippen molar-refractivity contribution in [3.8, 4) is 5.75 Å². The van der Waals surface area contributed by atoms with E-state index in [0.29, 0.717) is 25.6 Å². The topological polar surface area (TPSA) is 75.2 Å². The molecule has 1 rings (SSSR count). The molecule has 0 atom stereocenters. The molecule has 154 valence electrons. The zero-order valence-electron chi connectivity index (χ0n) is 17.4. The summed E-state index contributed by atoms with van der Waals surface area (Å²) in [5, 5.41) is 6.43. The molecule has 0 aliphatic heterocycles.